The Hall–Kier alpha value is -3.07. The molecule has 0 bridgehead atoms. The number of aromatic nitrogens is 3. The highest BCUT2D eigenvalue weighted by Crippen LogP contribution is 2.18. The second kappa shape index (κ2) is 7.04. The minimum atomic E-state index is -0.465. The first kappa shape index (κ1) is 17.7. The first-order valence-electron chi connectivity index (χ1n) is 8.04. The molecule has 0 atom stereocenters. The zero-order chi connectivity index (χ0) is 18.8. The minimum absolute atomic E-state index is 0.212. The van der Waals surface area contributed by atoms with E-state index in [0.717, 1.165) is 4.57 Å². The minimum Gasteiger partial charge on any atom is -0.467 e. The van der Waals surface area contributed by atoms with Crippen LogP contribution in [0.15, 0.2) is 38.5 Å². The summed E-state index contributed by atoms with van der Waals surface area (Å²) in [5, 5.41) is 3.03. The van der Waals surface area contributed by atoms with Crippen LogP contribution in [-0.4, -0.2) is 39.9 Å². The molecule has 26 heavy (non-hydrogen) atoms. The van der Waals surface area contributed by atoms with E-state index in [0.29, 0.717) is 24.6 Å². The van der Waals surface area contributed by atoms with Crippen molar-refractivity contribution >= 4 is 16.9 Å². The fourth-order valence-electron chi connectivity index (χ4n) is 2.90. The molecule has 0 aliphatic rings. The number of methoxy groups -OCH3 is 1. The number of ether oxygens (including phenoxy) is 1. The van der Waals surface area contributed by atoms with Gasteiger partial charge in [0, 0.05) is 27.7 Å². The Morgan fingerprint density at radius 2 is 2.04 bits per heavy atom. The van der Waals surface area contributed by atoms with E-state index in [2.05, 4.69) is 5.32 Å². The summed E-state index contributed by atoms with van der Waals surface area (Å²) in [5.41, 5.74) is -0.280. The molecule has 3 aromatic heterocycles. The first-order chi connectivity index (χ1) is 12.5. The number of carbonyl (C=O) groups is 1. The standard InChI is InChI=1S/C17H20N4O5/c1-19-15-12(16(23)20(2)17(19)24)9-13(14(22)18-6-8-25-3)21(15)10-11-5-4-7-26-11/h4-5,7,9H,6,8,10H2,1-3H3,(H,18,22). The lowest BCUT2D eigenvalue weighted by atomic mass is 10.3. The highest BCUT2D eigenvalue weighted by Gasteiger charge is 2.21. The number of rotatable bonds is 6. The lowest BCUT2D eigenvalue weighted by Crippen LogP contribution is -2.37. The summed E-state index contributed by atoms with van der Waals surface area (Å²) in [6.07, 6.45) is 1.53. The number of furan rings is 1. The third kappa shape index (κ3) is 2.97. The molecule has 1 N–H and O–H groups in total. The van der Waals surface area contributed by atoms with E-state index in [-0.39, 0.29) is 23.5 Å². The van der Waals surface area contributed by atoms with Crippen molar-refractivity contribution in [3.05, 3.63) is 56.8 Å². The van der Waals surface area contributed by atoms with Crippen LogP contribution in [0.1, 0.15) is 16.2 Å². The highest BCUT2D eigenvalue weighted by atomic mass is 16.5. The lowest BCUT2D eigenvalue weighted by molar-refractivity contribution is 0.0928. The number of fused-ring (bicyclic) bond motifs is 1. The summed E-state index contributed by atoms with van der Waals surface area (Å²) in [4.78, 5) is 37.5. The van der Waals surface area contributed by atoms with Crippen LogP contribution in [0.3, 0.4) is 0 Å². The molecule has 0 fully saturated rings. The van der Waals surface area contributed by atoms with Crippen molar-refractivity contribution in [2.24, 2.45) is 14.1 Å². The summed E-state index contributed by atoms with van der Waals surface area (Å²) in [5.74, 6) is 0.237. The number of hydrogen-bond acceptors (Lipinski definition) is 5. The van der Waals surface area contributed by atoms with Crippen molar-refractivity contribution in [1.29, 1.82) is 0 Å². The van der Waals surface area contributed by atoms with Gasteiger partial charge >= 0.3 is 5.69 Å². The first-order valence-corrected chi connectivity index (χ1v) is 8.04. The average Bonchev–Trinajstić information content (AvgIpc) is 3.26. The number of carbonyl (C=O) groups excluding carboxylic acids is 1. The molecule has 9 nitrogen and oxygen atoms in total. The van der Waals surface area contributed by atoms with Gasteiger partial charge in [-0.05, 0) is 18.2 Å². The van der Waals surface area contributed by atoms with E-state index in [1.165, 1.54) is 23.9 Å². The number of hydrogen-bond donors (Lipinski definition) is 1. The second-order valence-electron chi connectivity index (χ2n) is 5.89. The highest BCUT2D eigenvalue weighted by molar-refractivity contribution is 5.97. The third-order valence-electron chi connectivity index (χ3n) is 4.21. The van der Waals surface area contributed by atoms with Gasteiger partial charge in [0.2, 0.25) is 0 Å². The third-order valence-corrected chi connectivity index (χ3v) is 4.21. The largest absolute Gasteiger partial charge is 0.467 e. The van der Waals surface area contributed by atoms with Crippen molar-refractivity contribution in [3.63, 3.8) is 0 Å². The van der Waals surface area contributed by atoms with E-state index in [9.17, 15) is 14.4 Å². The molecule has 138 valence electrons. The number of nitrogens with zero attached hydrogens (tertiary/aromatic N) is 3. The van der Waals surface area contributed by atoms with Crippen molar-refractivity contribution in [2.45, 2.75) is 6.54 Å². The molecule has 9 heteroatoms. The fourth-order valence-corrected chi connectivity index (χ4v) is 2.90. The molecule has 0 aromatic carbocycles. The van der Waals surface area contributed by atoms with Gasteiger partial charge in [-0.15, -0.1) is 0 Å². The van der Waals surface area contributed by atoms with Gasteiger partial charge in [0.15, 0.2) is 0 Å². The van der Waals surface area contributed by atoms with Crippen molar-refractivity contribution in [1.82, 2.24) is 19.0 Å². The summed E-state index contributed by atoms with van der Waals surface area (Å²) in [7, 11) is 4.52. The number of amides is 1. The summed E-state index contributed by atoms with van der Waals surface area (Å²) >= 11 is 0. The molecule has 3 heterocycles. The molecule has 3 aromatic rings. The van der Waals surface area contributed by atoms with Gasteiger partial charge in [0.25, 0.3) is 11.5 Å². The molecule has 1 amide bonds. The van der Waals surface area contributed by atoms with E-state index in [1.54, 1.807) is 30.9 Å². The maximum atomic E-state index is 12.6. The van der Waals surface area contributed by atoms with Crippen LogP contribution in [-0.2, 0) is 25.4 Å². The Morgan fingerprint density at radius 3 is 2.69 bits per heavy atom. The topological polar surface area (TPSA) is 100 Å². The van der Waals surface area contributed by atoms with E-state index in [4.69, 9.17) is 9.15 Å². The summed E-state index contributed by atoms with van der Waals surface area (Å²) in [6.45, 7) is 0.906. The number of nitrogens with one attached hydrogen (secondary N) is 1. The number of aryl methyl sites for hydroxylation is 1. The summed E-state index contributed by atoms with van der Waals surface area (Å²) < 4.78 is 14.3. The van der Waals surface area contributed by atoms with Crippen LogP contribution >= 0.6 is 0 Å². The molecule has 0 saturated heterocycles. The SMILES string of the molecule is COCCNC(=O)c1cc2c(=O)n(C)c(=O)n(C)c2n1Cc1ccco1. The van der Waals surface area contributed by atoms with Gasteiger partial charge in [-0.25, -0.2) is 4.79 Å². The molecule has 0 radical (unpaired) electrons. The Bertz CT molecular complexity index is 1060. The molecule has 0 aliphatic heterocycles. The van der Waals surface area contributed by atoms with E-state index < -0.39 is 11.2 Å². The van der Waals surface area contributed by atoms with Crippen LogP contribution in [0.5, 0.6) is 0 Å². The normalized spacial score (nSPS) is 11.2. The van der Waals surface area contributed by atoms with Crippen LogP contribution in [0.4, 0.5) is 0 Å². The Kier molecular flexibility index (Phi) is 4.81. The fraction of sp³-hybridized carbons (Fsp3) is 0.353. The van der Waals surface area contributed by atoms with Crippen LogP contribution in [0.2, 0.25) is 0 Å². The smallest absolute Gasteiger partial charge is 0.332 e. The molecule has 0 unspecified atom stereocenters. The Balaban J connectivity index is 2.21. The summed E-state index contributed by atoms with van der Waals surface area (Å²) in [6, 6.07) is 5.00. The molecular weight excluding hydrogens is 340 g/mol. The quantitative estimate of drug-likeness (QED) is 0.627. The van der Waals surface area contributed by atoms with E-state index >= 15 is 0 Å². The second-order valence-corrected chi connectivity index (χ2v) is 5.89. The van der Waals surface area contributed by atoms with Gasteiger partial charge in [-0.1, -0.05) is 0 Å². The predicted octanol–water partition coefficient (Wildman–Crippen LogP) is 0.0562. The van der Waals surface area contributed by atoms with Crippen molar-refractivity contribution in [2.75, 3.05) is 20.3 Å². The van der Waals surface area contributed by atoms with Crippen LogP contribution < -0.4 is 16.6 Å². The van der Waals surface area contributed by atoms with Gasteiger partial charge in [0.05, 0.1) is 24.8 Å². The molecule has 0 saturated carbocycles. The Morgan fingerprint density at radius 1 is 1.27 bits per heavy atom. The van der Waals surface area contributed by atoms with Crippen molar-refractivity contribution in [3.8, 4) is 0 Å². The monoisotopic (exact) mass is 360 g/mol. The average molecular weight is 360 g/mol. The van der Waals surface area contributed by atoms with Crippen molar-refractivity contribution < 1.29 is 13.9 Å². The van der Waals surface area contributed by atoms with Gasteiger partial charge in [-0.3, -0.25) is 18.7 Å². The van der Waals surface area contributed by atoms with Gasteiger partial charge in [-0.2, -0.15) is 0 Å². The van der Waals surface area contributed by atoms with Crippen LogP contribution in [0.25, 0.3) is 11.0 Å². The van der Waals surface area contributed by atoms with Crippen LogP contribution in [0, 0.1) is 0 Å². The van der Waals surface area contributed by atoms with E-state index in [1.807, 2.05) is 0 Å². The lowest BCUT2D eigenvalue weighted by Gasteiger charge is -2.12. The zero-order valence-corrected chi connectivity index (χ0v) is 14.8. The maximum absolute atomic E-state index is 12.6. The molecule has 3 rings (SSSR count). The Labute approximate surface area is 148 Å². The zero-order valence-electron chi connectivity index (χ0n) is 14.8. The van der Waals surface area contributed by atoms with Gasteiger partial charge in [0.1, 0.15) is 17.1 Å². The molecule has 0 spiro atoms. The molecular formula is C17H20N4O5. The molecule has 0 aliphatic carbocycles. The predicted molar refractivity (Wildman–Crippen MR) is 94.4 cm³/mol. The van der Waals surface area contributed by atoms with Gasteiger partial charge < -0.3 is 19.0 Å². The maximum Gasteiger partial charge on any atom is 0.332 e.